The van der Waals surface area contributed by atoms with Crippen molar-refractivity contribution in [1.82, 2.24) is 20.1 Å². The van der Waals surface area contributed by atoms with Gasteiger partial charge in [-0.15, -0.1) is 0 Å². The second-order valence-corrected chi connectivity index (χ2v) is 4.42. The van der Waals surface area contributed by atoms with Crippen molar-refractivity contribution in [2.75, 3.05) is 12.8 Å². The van der Waals surface area contributed by atoms with Gasteiger partial charge in [0.15, 0.2) is 5.82 Å². The fourth-order valence-corrected chi connectivity index (χ4v) is 1.88. The minimum absolute atomic E-state index is 0.0634. The van der Waals surface area contributed by atoms with Crippen LogP contribution in [0.1, 0.15) is 5.82 Å². The van der Waals surface area contributed by atoms with Crippen LogP contribution < -0.4 is 5.73 Å². The van der Waals surface area contributed by atoms with Crippen molar-refractivity contribution in [3.63, 3.8) is 0 Å². The summed E-state index contributed by atoms with van der Waals surface area (Å²) in [5.74, 6) is 0.454. The molecule has 0 spiro atoms. The zero-order chi connectivity index (χ0) is 15.5. The molecule has 2 aromatic heterocycles. The van der Waals surface area contributed by atoms with E-state index in [4.69, 9.17) is 15.0 Å². The molecule has 0 bridgehead atoms. The number of benzene rings is 1. The summed E-state index contributed by atoms with van der Waals surface area (Å²) in [6.45, 7) is 0.247. The van der Waals surface area contributed by atoms with E-state index in [0.717, 1.165) is 0 Å². The highest BCUT2D eigenvalue weighted by atomic mass is 19.1. The quantitative estimate of drug-likeness (QED) is 0.787. The van der Waals surface area contributed by atoms with Crippen LogP contribution in [0.15, 0.2) is 35.0 Å². The number of methoxy groups -OCH3 is 1. The lowest BCUT2D eigenvalue weighted by atomic mass is 10.2. The van der Waals surface area contributed by atoms with E-state index in [-0.39, 0.29) is 29.7 Å². The highest BCUT2D eigenvalue weighted by Crippen LogP contribution is 2.26. The highest BCUT2D eigenvalue weighted by Gasteiger charge is 2.16. The molecule has 0 radical (unpaired) electrons. The molecule has 0 aliphatic rings. The summed E-state index contributed by atoms with van der Waals surface area (Å²) in [5, 5.41) is 3.80. The molecule has 0 aliphatic heterocycles. The van der Waals surface area contributed by atoms with Crippen LogP contribution in [0.3, 0.4) is 0 Å². The zero-order valence-corrected chi connectivity index (χ0v) is 11.7. The number of hydrogen-bond donors (Lipinski definition) is 1. The molecule has 3 rings (SSSR count). The minimum Gasteiger partial charge on any atom is -0.383 e. The summed E-state index contributed by atoms with van der Waals surface area (Å²) in [6, 6.07) is 6.13. The maximum Gasteiger partial charge on any atom is 0.261 e. The average molecular weight is 301 g/mol. The predicted octanol–water partition coefficient (Wildman–Crippen LogP) is 2.06. The minimum atomic E-state index is -0.447. The Morgan fingerprint density at radius 3 is 2.77 bits per heavy atom. The molecule has 0 saturated carbocycles. The van der Waals surface area contributed by atoms with Crippen LogP contribution in [0, 0.1) is 5.82 Å². The Labute approximate surface area is 125 Å². The molecule has 7 nitrogen and oxygen atoms in total. The Kier molecular flexibility index (Phi) is 3.75. The number of ether oxygens (including phenoxy) is 1. The van der Waals surface area contributed by atoms with Gasteiger partial charge in [-0.1, -0.05) is 17.3 Å². The topological polar surface area (TPSA) is 100.0 Å². The average Bonchev–Trinajstić information content (AvgIpc) is 2.97. The second-order valence-electron chi connectivity index (χ2n) is 4.42. The molecule has 2 N–H and O–H groups in total. The SMILES string of the molecule is COCc1ncc(-c2noc(-c3ccccc3F)n2)c(N)n1. The lowest BCUT2D eigenvalue weighted by molar-refractivity contribution is 0.178. The van der Waals surface area contributed by atoms with Crippen LogP contribution in [0.2, 0.25) is 0 Å². The van der Waals surface area contributed by atoms with Crippen LogP contribution in [-0.4, -0.2) is 27.2 Å². The summed E-state index contributed by atoms with van der Waals surface area (Å²) in [5.41, 5.74) is 6.49. The number of rotatable bonds is 4. The maximum absolute atomic E-state index is 13.7. The van der Waals surface area contributed by atoms with Gasteiger partial charge < -0.3 is 15.0 Å². The van der Waals surface area contributed by atoms with E-state index in [1.807, 2.05) is 0 Å². The van der Waals surface area contributed by atoms with Crippen molar-refractivity contribution in [1.29, 1.82) is 0 Å². The van der Waals surface area contributed by atoms with E-state index < -0.39 is 5.82 Å². The number of nitrogens with zero attached hydrogens (tertiary/aromatic N) is 4. The first-order valence-electron chi connectivity index (χ1n) is 6.38. The van der Waals surface area contributed by atoms with Gasteiger partial charge in [0.25, 0.3) is 5.89 Å². The molecule has 0 amide bonds. The van der Waals surface area contributed by atoms with Crippen LogP contribution in [-0.2, 0) is 11.3 Å². The number of hydrogen-bond acceptors (Lipinski definition) is 7. The Bertz CT molecular complexity index is 805. The summed E-state index contributed by atoms with van der Waals surface area (Å²) in [7, 11) is 1.54. The molecule has 0 atom stereocenters. The van der Waals surface area contributed by atoms with E-state index in [0.29, 0.717) is 11.4 Å². The highest BCUT2D eigenvalue weighted by molar-refractivity contribution is 5.68. The standard InChI is InChI=1S/C14H12FN5O2/c1-21-7-11-17-6-9(12(16)18-11)13-19-14(22-20-13)8-4-2-3-5-10(8)15/h2-6H,7H2,1H3,(H2,16,17,18). The Hall–Kier alpha value is -2.87. The first-order valence-corrected chi connectivity index (χ1v) is 6.38. The molecule has 22 heavy (non-hydrogen) atoms. The lowest BCUT2D eigenvalue weighted by Crippen LogP contribution is -2.03. The van der Waals surface area contributed by atoms with Crippen molar-refractivity contribution in [2.45, 2.75) is 6.61 Å². The molecule has 112 valence electrons. The van der Waals surface area contributed by atoms with Crippen molar-refractivity contribution >= 4 is 5.82 Å². The molecular formula is C14H12FN5O2. The van der Waals surface area contributed by atoms with E-state index in [2.05, 4.69) is 20.1 Å². The fraction of sp³-hybridized carbons (Fsp3) is 0.143. The van der Waals surface area contributed by atoms with Gasteiger partial charge in [-0.25, -0.2) is 14.4 Å². The van der Waals surface area contributed by atoms with Crippen molar-refractivity contribution < 1.29 is 13.7 Å². The monoisotopic (exact) mass is 301 g/mol. The number of nitrogen functional groups attached to an aromatic ring is 1. The molecular weight excluding hydrogens is 289 g/mol. The lowest BCUT2D eigenvalue weighted by Gasteiger charge is -2.02. The maximum atomic E-state index is 13.7. The van der Waals surface area contributed by atoms with Gasteiger partial charge in [0.1, 0.15) is 18.2 Å². The van der Waals surface area contributed by atoms with Gasteiger partial charge >= 0.3 is 0 Å². The van der Waals surface area contributed by atoms with Crippen LogP contribution in [0.5, 0.6) is 0 Å². The smallest absolute Gasteiger partial charge is 0.261 e. The molecule has 3 aromatic rings. The van der Waals surface area contributed by atoms with Gasteiger partial charge in [-0.3, -0.25) is 0 Å². The largest absolute Gasteiger partial charge is 0.383 e. The van der Waals surface area contributed by atoms with Gasteiger partial charge in [0.05, 0.1) is 11.1 Å². The number of nitrogens with two attached hydrogens (primary N) is 1. The molecule has 0 fully saturated rings. The van der Waals surface area contributed by atoms with Gasteiger partial charge in [-0.2, -0.15) is 4.98 Å². The first kappa shape index (κ1) is 14.1. The first-order chi connectivity index (χ1) is 10.7. The third kappa shape index (κ3) is 2.63. The number of anilines is 1. The van der Waals surface area contributed by atoms with Crippen LogP contribution >= 0.6 is 0 Å². The molecule has 2 heterocycles. The summed E-state index contributed by atoms with van der Waals surface area (Å²) >= 11 is 0. The summed E-state index contributed by atoms with van der Waals surface area (Å²) < 4.78 is 23.7. The van der Waals surface area contributed by atoms with E-state index in [1.54, 1.807) is 18.2 Å². The summed E-state index contributed by atoms with van der Waals surface area (Å²) in [6.07, 6.45) is 1.48. The Balaban J connectivity index is 1.96. The Morgan fingerprint density at radius 2 is 2.05 bits per heavy atom. The number of halogens is 1. The molecule has 0 aliphatic carbocycles. The van der Waals surface area contributed by atoms with Crippen LogP contribution in [0.25, 0.3) is 22.8 Å². The molecule has 0 unspecified atom stereocenters. The summed E-state index contributed by atoms with van der Waals surface area (Å²) in [4.78, 5) is 12.3. The predicted molar refractivity (Wildman–Crippen MR) is 75.8 cm³/mol. The van der Waals surface area contributed by atoms with Crippen LogP contribution in [0.4, 0.5) is 10.2 Å². The van der Waals surface area contributed by atoms with E-state index >= 15 is 0 Å². The van der Waals surface area contributed by atoms with Crippen molar-refractivity contribution in [3.05, 3.63) is 42.1 Å². The zero-order valence-electron chi connectivity index (χ0n) is 11.7. The van der Waals surface area contributed by atoms with Gasteiger partial charge in [-0.05, 0) is 12.1 Å². The van der Waals surface area contributed by atoms with E-state index in [1.165, 1.54) is 19.4 Å². The van der Waals surface area contributed by atoms with Gasteiger partial charge in [0, 0.05) is 13.3 Å². The molecule has 1 aromatic carbocycles. The third-order valence-electron chi connectivity index (χ3n) is 2.91. The fourth-order valence-electron chi connectivity index (χ4n) is 1.88. The van der Waals surface area contributed by atoms with E-state index in [9.17, 15) is 4.39 Å². The third-order valence-corrected chi connectivity index (χ3v) is 2.91. The van der Waals surface area contributed by atoms with Crippen molar-refractivity contribution in [3.8, 4) is 22.8 Å². The normalized spacial score (nSPS) is 10.8. The molecule has 8 heteroatoms. The Morgan fingerprint density at radius 1 is 1.23 bits per heavy atom. The molecule has 0 saturated heterocycles. The van der Waals surface area contributed by atoms with Gasteiger partial charge in [0.2, 0.25) is 5.82 Å². The second kappa shape index (κ2) is 5.86. The van der Waals surface area contributed by atoms with Crippen molar-refractivity contribution in [2.24, 2.45) is 0 Å². The number of aromatic nitrogens is 4.